The van der Waals surface area contributed by atoms with Gasteiger partial charge in [0.05, 0.1) is 5.92 Å². The van der Waals surface area contributed by atoms with Gasteiger partial charge in [-0.3, -0.25) is 9.59 Å². The summed E-state index contributed by atoms with van der Waals surface area (Å²) in [4.78, 5) is 24.4. The summed E-state index contributed by atoms with van der Waals surface area (Å²) in [7, 11) is 0. The van der Waals surface area contributed by atoms with Crippen LogP contribution in [0.2, 0.25) is 0 Å². The van der Waals surface area contributed by atoms with Crippen molar-refractivity contribution in [2.45, 2.75) is 39.4 Å². The van der Waals surface area contributed by atoms with Crippen molar-refractivity contribution in [3.8, 4) is 0 Å². The quantitative estimate of drug-likeness (QED) is 0.620. The van der Waals surface area contributed by atoms with Crippen molar-refractivity contribution in [1.82, 2.24) is 4.90 Å². The smallest absolute Gasteiger partial charge is 0.223 e. The number of hydrogen-bond donors (Lipinski definition) is 1. The minimum atomic E-state index is -0.391. The van der Waals surface area contributed by atoms with Gasteiger partial charge in [0.1, 0.15) is 0 Å². The predicted octanol–water partition coefficient (Wildman–Crippen LogP) is 0.500. The highest BCUT2D eigenvalue weighted by Gasteiger charge is 2.32. The number of rotatable bonds is 9. The molecule has 110 valence electrons. The fourth-order valence-electron chi connectivity index (χ4n) is 2.21. The number of nitrogens with two attached hydrogens (primary N) is 1. The van der Waals surface area contributed by atoms with Gasteiger partial charge in [-0.05, 0) is 20.3 Å². The number of carbonyl (C=O) groups excluding carboxylic acids is 2. The molecular weight excluding hydrogens is 248 g/mol. The number of likely N-dealkylation sites (tertiary alicyclic amines) is 1. The Morgan fingerprint density at radius 2 is 2.05 bits per heavy atom. The molecule has 1 fully saturated rings. The molecule has 1 atom stereocenters. The Hall–Kier alpha value is -1.14. The molecule has 0 saturated carbocycles. The number of amides is 2. The van der Waals surface area contributed by atoms with Crippen molar-refractivity contribution >= 4 is 11.8 Å². The number of primary amides is 1. The second-order valence-electron chi connectivity index (χ2n) is 4.63. The zero-order valence-electron chi connectivity index (χ0n) is 11.8. The van der Waals surface area contributed by atoms with Gasteiger partial charge in [-0.2, -0.15) is 0 Å². The molecule has 2 amide bonds. The SMILES string of the molecule is CCOC(CCCN1CC(C(N)=O)CC1=O)OCC. The number of nitrogens with zero attached hydrogens (tertiary/aromatic N) is 1. The number of carbonyl (C=O) groups is 2. The van der Waals surface area contributed by atoms with E-state index >= 15 is 0 Å². The van der Waals surface area contributed by atoms with Crippen molar-refractivity contribution in [2.24, 2.45) is 11.7 Å². The molecule has 1 heterocycles. The molecule has 1 saturated heterocycles. The molecule has 19 heavy (non-hydrogen) atoms. The van der Waals surface area contributed by atoms with Crippen molar-refractivity contribution in [3.63, 3.8) is 0 Å². The molecule has 1 aliphatic heterocycles. The minimum Gasteiger partial charge on any atom is -0.369 e. The summed E-state index contributed by atoms with van der Waals surface area (Å²) in [5.74, 6) is -0.715. The fraction of sp³-hybridized carbons (Fsp3) is 0.846. The Labute approximate surface area is 114 Å². The molecule has 6 heteroatoms. The van der Waals surface area contributed by atoms with E-state index in [1.807, 2.05) is 13.8 Å². The van der Waals surface area contributed by atoms with E-state index in [0.717, 1.165) is 12.8 Å². The highest BCUT2D eigenvalue weighted by molar-refractivity contribution is 5.88. The fourth-order valence-corrected chi connectivity index (χ4v) is 2.21. The van der Waals surface area contributed by atoms with Crippen molar-refractivity contribution < 1.29 is 19.1 Å². The van der Waals surface area contributed by atoms with Gasteiger partial charge in [-0.25, -0.2) is 0 Å². The van der Waals surface area contributed by atoms with Crippen LogP contribution in [-0.4, -0.2) is 49.3 Å². The first-order valence-electron chi connectivity index (χ1n) is 6.88. The Morgan fingerprint density at radius 3 is 2.53 bits per heavy atom. The van der Waals surface area contributed by atoms with Crippen LogP contribution in [0.3, 0.4) is 0 Å². The Bertz CT molecular complexity index is 303. The molecule has 1 rings (SSSR count). The summed E-state index contributed by atoms with van der Waals surface area (Å²) in [5.41, 5.74) is 5.22. The third-order valence-corrected chi connectivity index (χ3v) is 3.19. The van der Waals surface area contributed by atoms with E-state index in [-0.39, 0.29) is 24.5 Å². The molecule has 0 aromatic heterocycles. The van der Waals surface area contributed by atoms with E-state index < -0.39 is 5.91 Å². The first-order chi connectivity index (χ1) is 9.08. The van der Waals surface area contributed by atoms with Gasteiger partial charge in [-0.15, -0.1) is 0 Å². The van der Waals surface area contributed by atoms with Crippen LogP contribution in [0.15, 0.2) is 0 Å². The third kappa shape index (κ3) is 5.16. The maximum atomic E-state index is 11.7. The van der Waals surface area contributed by atoms with Crippen molar-refractivity contribution in [3.05, 3.63) is 0 Å². The molecule has 6 nitrogen and oxygen atoms in total. The molecule has 1 aliphatic rings. The average Bonchev–Trinajstić information content (AvgIpc) is 2.72. The molecule has 1 unspecified atom stereocenters. The number of ether oxygens (including phenoxy) is 2. The maximum absolute atomic E-state index is 11.7. The van der Waals surface area contributed by atoms with Crippen LogP contribution in [0.5, 0.6) is 0 Å². The Morgan fingerprint density at radius 1 is 1.42 bits per heavy atom. The average molecular weight is 272 g/mol. The standard InChI is InChI=1S/C13H24N2O4/c1-3-18-12(19-4-2)6-5-7-15-9-10(13(14)17)8-11(15)16/h10,12H,3-9H2,1-2H3,(H2,14,17). The summed E-state index contributed by atoms with van der Waals surface area (Å²) in [5, 5.41) is 0. The van der Waals surface area contributed by atoms with Crippen LogP contribution < -0.4 is 5.73 Å². The summed E-state index contributed by atoms with van der Waals surface area (Å²) in [6.45, 7) is 6.14. The summed E-state index contributed by atoms with van der Waals surface area (Å²) in [6.07, 6.45) is 1.57. The lowest BCUT2D eigenvalue weighted by Crippen LogP contribution is -2.30. The molecule has 0 aliphatic carbocycles. The van der Waals surface area contributed by atoms with Crippen LogP contribution in [0.4, 0.5) is 0 Å². The summed E-state index contributed by atoms with van der Waals surface area (Å²) < 4.78 is 10.9. The number of hydrogen-bond acceptors (Lipinski definition) is 4. The first kappa shape index (κ1) is 15.9. The van der Waals surface area contributed by atoms with E-state index in [4.69, 9.17) is 15.2 Å². The Balaban J connectivity index is 2.28. The molecule has 2 N–H and O–H groups in total. The first-order valence-corrected chi connectivity index (χ1v) is 6.88. The van der Waals surface area contributed by atoms with Gasteiger partial charge in [0.15, 0.2) is 6.29 Å². The lowest BCUT2D eigenvalue weighted by molar-refractivity contribution is -0.141. The van der Waals surface area contributed by atoms with E-state index in [9.17, 15) is 9.59 Å². The minimum absolute atomic E-state index is 0.00756. The van der Waals surface area contributed by atoms with Gasteiger partial charge >= 0.3 is 0 Å². The second-order valence-corrected chi connectivity index (χ2v) is 4.63. The maximum Gasteiger partial charge on any atom is 0.223 e. The van der Waals surface area contributed by atoms with Crippen molar-refractivity contribution in [2.75, 3.05) is 26.3 Å². The molecule has 0 aromatic rings. The zero-order chi connectivity index (χ0) is 14.3. The summed E-state index contributed by atoms with van der Waals surface area (Å²) >= 11 is 0. The van der Waals surface area contributed by atoms with Gasteiger partial charge in [0.2, 0.25) is 11.8 Å². The lowest BCUT2D eigenvalue weighted by Gasteiger charge is -2.20. The second kappa shape index (κ2) is 8.12. The molecule has 0 radical (unpaired) electrons. The largest absolute Gasteiger partial charge is 0.369 e. The van der Waals surface area contributed by atoms with Gasteiger partial charge in [0, 0.05) is 39.1 Å². The molecular formula is C13H24N2O4. The van der Waals surface area contributed by atoms with E-state index in [0.29, 0.717) is 26.3 Å². The van der Waals surface area contributed by atoms with Crippen molar-refractivity contribution in [1.29, 1.82) is 0 Å². The van der Waals surface area contributed by atoms with E-state index in [1.54, 1.807) is 4.90 Å². The monoisotopic (exact) mass is 272 g/mol. The van der Waals surface area contributed by atoms with Crippen LogP contribution in [-0.2, 0) is 19.1 Å². The van der Waals surface area contributed by atoms with E-state index in [2.05, 4.69) is 0 Å². The topological polar surface area (TPSA) is 81.9 Å². The molecule has 0 aromatic carbocycles. The molecule has 0 spiro atoms. The lowest BCUT2D eigenvalue weighted by atomic mass is 10.1. The zero-order valence-corrected chi connectivity index (χ0v) is 11.8. The van der Waals surface area contributed by atoms with Crippen LogP contribution in [0.1, 0.15) is 33.1 Å². The van der Waals surface area contributed by atoms with Crippen LogP contribution in [0, 0.1) is 5.92 Å². The van der Waals surface area contributed by atoms with Crippen LogP contribution >= 0.6 is 0 Å². The normalized spacial score (nSPS) is 19.4. The van der Waals surface area contributed by atoms with E-state index in [1.165, 1.54) is 0 Å². The van der Waals surface area contributed by atoms with Crippen LogP contribution in [0.25, 0.3) is 0 Å². The predicted molar refractivity (Wildman–Crippen MR) is 70.2 cm³/mol. The highest BCUT2D eigenvalue weighted by Crippen LogP contribution is 2.18. The van der Waals surface area contributed by atoms with Gasteiger partial charge in [0.25, 0.3) is 0 Å². The van der Waals surface area contributed by atoms with Gasteiger partial charge in [-0.1, -0.05) is 0 Å². The third-order valence-electron chi connectivity index (χ3n) is 3.19. The molecule has 0 bridgehead atoms. The summed E-state index contributed by atoms with van der Waals surface area (Å²) in [6, 6.07) is 0. The van der Waals surface area contributed by atoms with Gasteiger partial charge < -0.3 is 20.1 Å². The highest BCUT2D eigenvalue weighted by atomic mass is 16.7. The Kier molecular flexibility index (Phi) is 6.80.